The van der Waals surface area contributed by atoms with E-state index in [0.717, 1.165) is 18.4 Å². The molecule has 1 unspecified atom stereocenters. The molecule has 13 heavy (non-hydrogen) atoms. The molecule has 2 fully saturated rings. The van der Waals surface area contributed by atoms with Gasteiger partial charge in [-0.1, -0.05) is 32.9 Å². The molecule has 0 aromatic carbocycles. The molecular formula is C12H21N. The molecule has 0 aliphatic carbocycles. The Morgan fingerprint density at radius 2 is 2.23 bits per heavy atom. The number of nitrogens with zero attached hydrogens (tertiary/aromatic N) is 1. The van der Waals surface area contributed by atoms with Gasteiger partial charge in [0.2, 0.25) is 0 Å². The SMILES string of the molecule is C=C1CN2C[C@H](C)CC2(C(C)C)C1. The van der Waals surface area contributed by atoms with Crippen LogP contribution in [0.3, 0.4) is 0 Å². The second-order valence-electron chi connectivity index (χ2n) is 5.37. The molecule has 2 aliphatic heterocycles. The molecule has 74 valence electrons. The van der Waals surface area contributed by atoms with E-state index < -0.39 is 0 Å². The molecule has 0 aromatic rings. The van der Waals surface area contributed by atoms with Crippen molar-refractivity contribution in [3.05, 3.63) is 12.2 Å². The fourth-order valence-electron chi connectivity index (χ4n) is 3.32. The Morgan fingerprint density at radius 1 is 1.54 bits per heavy atom. The Labute approximate surface area is 81.8 Å². The van der Waals surface area contributed by atoms with Crippen LogP contribution in [0.1, 0.15) is 33.6 Å². The monoisotopic (exact) mass is 179 g/mol. The Morgan fingerprint density at radius 3 is 2.77 bits per heavy atom. The largest absolute Gasteiger partial charge is 0.293 e. The van der Waals surface area contributed by atoms with Crippen molar-refractivity contribution < 1.29 is 0 Å². The number of rotatable bonds is 1. The van der Waals surface area contributed by atoms with Gasteiger partial charge >= 0.3 is 0 Å². The lowest BCUT2D eigenvalue weighted by Crippen LogP contribution is -2.42. The highest BCUT2D eigenvalue weighted by molar-refractivity contribution is 5.19. The van der Waals surface area contributed by atoms with Crippen LogP contribution < -0.4 is 0 Å². The van der Waals surface area contributed by atoms with E-state index in [0.29, 0.717) is 5.54 Å². The zero-order valence-corrected chi connectivity index (χ0v) is 9.14. The third-order valence-corrected chi connectivity index (χ3v) is 3.91. The Balaban J connectivity index is 2.26. The average Bonchev–Trinajstić information content (AvgIpc) is 2.40. The fraction of sp³-hybridized carbons (Fsp3) is 0.833. The molecule has 2 atom stereocenters. The van der Waals surface area contributed by atoms with Gasteiger partial charge < -0.3 is 0 Å². The average molecular weight is 179 g/mol. The molecule has 0 spiro atoms. The van der Waals surface area contributed by atoms with Crippen LogP contribution in [0.15, 0.2) is 12.2 Å². The topological polar surface area (TPSA) is 3.24 Å². The van der Waals surface area contributed by atoms with Gasteiger partial charge in [-0.15, -0.1) is 0 Å². The van der Waals surface area contributed by atoms with Gasteiger partial charge in [0.05, 0.1) is 0 Å². The molecule has 2 heterocycles. The molecule has 0 saturated carbocycles. The lowest BCUT2D eigenvalue weighted by Gasteiger charge is -2.35. The molecular weight excluding hydrogens is 158 g/mol. The summed E-state index contributed by atoms with van der Waals surface area (Å²) < 4.78 is 0. The van der Waals surface area contributed by atoms with E-state index in [1.807, 2.05) is 0 Å². The molecule has 0 N–H and O–H groups in total. The summed E-state index contributed by atoms with van der Waals surface area (Å²) in [4.78, 5) is 2.67. The standard InChI is InChI=1S/C12H21N/c1-9(2)12-5-10(3)7-13(12)8-11(4)6-12/h9,11H,3,5-8H2,1-2,4H3/t11-,12?/m1/s1. The van der Waals surface area contributed by atoms with Crippen LogP contribution in [-0.4, -0.2) is 23.5 Å². The van der Waals surface area contributed by atoms with Crippen molar-refractivity contribution in [3.63, 3.8) is 0 Å². The van der Waals surface area contributed by atoms with Crippen LogP contribution in [0.4, 0.5) is 0 Å². The van der Waals surface area contributed by atoms with Gasteiger partial charge in [0.1, 0.15) is 0 Å². The van der Waals surface area contributed by atoms with Crippen molar-refractivity contribution >= 4 is 0 Å². The Hall–Kier alpha value is -0.300. The van der Waals surface area contributed by atoms with Gasteiger partial charge in [0, 0.05) is 18.6 Å². The first-order valence-corrected chi connectivity index (χ1v) is 5.46. The van der Waals surface area contributed by atoms with E-state index in [-0.39, 0.29) is 0 Å². The molecule has 2 saturated heterocycles. The maximum atomic E-state index is 4.15. The van der Waals surface area contributed by atoms with E-state index in [4.69, 9.17) is 0 Å². The summed E-state index contributed by atoms with van der Waals surface area (Å²) in [5.74, 6) is 1.66. The van der Waals surface area contributed by atoms with Gasteiger partial charge in [-0.2, -0.15) is 0 Å². The zero-order valence-electron chi connectivity index (χ0n) is 9.14. The highest BCUT2D eigenvalue weighted by atomic mass is 15.3. The van der Waals surface area contributed by atoms with Crippen molar-refractivity contribution in [1.82, 2.24) is 4.90 Å². The molecule has 0 aromatic heterocycles. The normalized spacial score (nSPS) is 40.3. The third kappa shape index (κ3) is 1.25. The molecule has 2 rings (SSSR count). The molecule has 0 radical (unpaired) electrons. The first kappa shape index (κ1) is 9.26. The summed E-state index contributed by atoms with van der Waals surface area (Å²) >= 11 is 0. The van der Waals surface area contributed by atoms with Crippen LogP contribution in [0.5, 0.6) is 0 Å². The molecule has 0 bridgehead atoms. The van der Waals surface area contributed by atoms with Crippen molar-refractivity contribution in [3.8, 4) is 0 Å². The minimum absolute atomic E-state index is 0.483. The summed E-state index contributed by atoms with van der Waals surface area (Å²) in [5.41, 5.74) is 1.93. The molecule has 1 heteroatoms. The van der Waals surface area contributed by atoms with Crippen molar-refractivity contribution in [2.75, 3.05) is 13.1 Å². The van der Waals surface area contributed by atoms with Gasteiger partial charge in [-0.3, -0.25) is 4.90 Å². The van der Waals surface area contributed by atoms with Crippen LogP contribution in [0, 0.1) is 11.8 Å². The summed E-state index contributed by atoms with van der Waals surface area (Å²) in [6.07, 6.45) is 2.62. The summed E-state index contributed by atoms with van der Waals surface area (Å²) in [6.45, 7) is 13.7. The van der Waals surface area contributed by atoms with Crippen molar-refractivity contribution in [2.45, 2.75) is 39.2 Å². The molecule has 0 amide bonds. The minimum atomic E-state index is 0.483. The van der Waals surface area contributed by atoms with Crippen LogP contribution in [0.2, 0.25) is 0 Å². The van der Waals surface area contributed by atoms with Crippen LogP contribution >= 0.6 is 0 Å². The van der Waals surface area contributed by atoms with Gasteiger partial charge in [0.15, 0.2) is 0 Å². The Bertz CT molecular complexity index is 231. The van der Waals surface area contributed by atoms with E-state index in [1.54, 1.807) is 0 Å². The summed E-state index contributed by atoms with van der Waals surface area (Å²) in [5, 5.41) is 0. The predicted molar refractivity (Wildman–Crippen MR) is 56.7 cm³/mol. The number of fused-ring (bicyclic) bond motifs is 1. The van der Waals surface area contributed by atoms with E-state index in [9.17, 15) is 0 Å². The predicted octanol–water partition coefficient (Wildman–Crippen LogP) is 2.68. The summed E-state index contributed by atoms with van der Waals surface area (Å²) in [6, 6.07) is 0. The van der Waals surface area contributed by atoms with Gasteiger partial charge in [0.25, 0.3) is 0 Å². The third-order valence-electron chi connectivity index (χ3n) is 3.91. The first-order valence-electron chi connectivity index (χ1n) is 5.46. The molecule has 2 aliphatic rings. The van der Waals surface area contributed by atoms with Crippen molar-refractivity contribution in [1.29, 1.82) is 0 Å². The maximum Gasteiger partial charge on any atom is 0.0276 e. The molecule has 1 nitrogen and oxygen atoms in total. The summed E-state index contributed by atoms with van der Waals surface area (Å²) in [7, 11) is 0. The van der Waals surface area contributed by atoms with E-state index >= 15 is 0 Å². The van der Waals surface area contributed by atoms with Gasteiger partial charge in [-0.05, 0) is 24.7 Å². The quantitative estimate of drug-likeness (QED) is 0.559. The maximum absolute atomic E-state index is 4.15. The smallest absolute Gasteiger partial charge is 0.0276 e. The fourth-order valence-corrected chi connectivity index (χ4v) is 3.32. The van der Waals surface area contributed by atoms with E-state index in [1.165, 1.54) is 25.0 Å². The second kappa shape index (κ2) is 2.84. The number of hydrogen-bond donors (Lipinski definition) is 0. The van der Waals surface area contributed by atoms with Gasteiger partial charge in [-0.25, -0.2) is 0 Å². The number of hydrogen-bond acceptors (Lipinski definition) is 1. The lowest BCUT2D eigenvalue weighted by molar-refractivity contribution is 0.136. The Kier molecular flexibility index (Phi) is 2.03. The first-order chi connectivity index (χ1) is 6.04. The zero-order chi connectivity index (χ0) is 9.64. The van der Waals surface area contributed by atoms with E-state index in [2.05, 4.69) is 32.3 Å². The minimum Gasteiger partial charge on any atom is -0.293 e. The van der Waals surface area contributed by atoms with Crippen LogP contribution in [0.25, 0.3) is 0 Å². The highest BCUT2D eigenvalue weighted by Gasteiger charge is 2.49. The van der Waals surface area contributed by atoms with Crippen LogP contribution in [-0.2, 0) is 0 Å². The van der Waals surface area contributed by atoms with Crippen molar-refractivity contribution in [2.24, 2.45) is 11.8 Å². The lowest BCUT2D eigenvalue weighted by atomic mass is 9.80. The second-order valence-corrected chi connectivity index (χ2v) is 5.37. The highest BCUT2D eigenvalue weighted by Crippen LogP contribution is 2.47.